The Morgan fingerprint density at radius 2 is 1.48 bits per heavy atom. The summed E-state index contributed by atoms with van der Waals surface area (Å²) < 4.78 is 28.3. The van der Waals surface area contributed by atoms with Gasteiger partial charge in [0.1, 0.15) is 4.90 Å². The van der Waals surface area contributed by atoms with Gasteiger partial charge in [-0.1, -0.05) is 54.2 Å². The van der Waals surface area contributed by atoms with Gasteiger partial charge in [0.15, 0.2) is 5.84 Å². The number of nitrogens with one attached hydrogen (secondary N) is 1. The van der Waals surface area contributed by atoms with Crippen molar-refractivity contribution in [1.29, 1.82) is 0 Å². The van der Waals surface area contributed by atoms with Crippen molar-refractivity contribution in [2.45, 2.75) is 14.7 Å². The molecule has 0 fully saturated rings. The van der Waals surface area contributed by atoms with Crippen LogP contribution in [-0.2, 0) is 10.0 Å². The lowest BCUT2D eigenvalue weighted by Crippen LogP contribution is -2.11. The number of hydrogen-bond acceptors (Lipinski definition) is 4. The Kier molecular flexibility index (Phi) is 4.07. The first-order valence-electron chi connectivity index (χ1n) is 7.67. The Morgan fingerprint density at radius 3 is 2.32 bits per heavy atom. The molecular formula is C19H14N2O2S2. The molecule has 6 heteroatoms. The summed E-state index contributed by atoms with van der Waals surface area (Å²) in [5, 5.41) is 3.19. The van der Waals surface area contributed by atoms with Crippen LogP contribution in [0.15, 0.2) is 97.9 Å². The summed E-state index contributed by atoms with van der Waals surface area (Å²) in [6.45, 7) is 0. The maximum absolute atomic E-state index is 12.2. The van der Waals surface area contributed by atoms with Crippen molar-refractivity contribution in [1.82, 2.24) is 0 Å². The first-order chi connectivity index (χ1) is 12.1. The van der Waals surface area contributed by atoms with Gasteiger partial charge in [-0.05, 0) is 36.4 Å². The molecule has 0 saturated carbocycles. The zero-order valence-electron chi connectivity index (χ0n) is 13.1. The van der Waals surface area contributed by atoms with Crippen molar-refractivity contribution in [3.05, 3.63) is 84.4 Å². The van der Waals surface area contributed by atoms with Crippen LogP contribution in [0.2, 0.25) is 0 Å². The maximum Gasteiger partial charge on any atom is 0.285 e. The number of rotatable bonds is 3. The molecule has 25 heavy (non-hydrogen) atoms. The van der Waals surface area contributed by atoms with Gasteiger partial charge in [-0.15, -0.1) is 4.40 Å². The number of anilines is 1. The molecule has 0 aliphatic carbocycles. The fraction of sp³-hybridized carbons (Fsp3) is 0. The zero-order valence-corrected chi connectivity index (χ0v) is 14.7. The number of fused-ring (bicyclic) bond motifs is 1. The summed E-state index contributed by atoms with van der Waals surface area (Å²) in [6.07, 6.45) is 0. The standard InChI is InChI=1S/C19H14N2O2S2/c22-25(23)18-13-7-4-10-15(18)19(21-25)20-16-11-5-6-12-17(16)24-14-8-2-1-3-9-14/h1-13H,(H,20,21). The molecule has 1 N–H and O–H groups in total. The molecule has 0 aromatic heterocycles. The second-order valence-electron chi connectivity index (χ2n) is 5.45. The molecule has 0 saturated heterocycles. The SMILES string of the molecule is O=S1(=O)N=C(Nc2ccccc2Sc2ccccc2)c2ccccc21. The van der Waals surface area contributed by atoms with Gasteiger partial charge < -0.3 is 5.32 Å². The highest BCUT2D eigenvalue weighted by molar-refractivity contribution is 7.99. The van der Waals surface area contributed by atoms with Gasteiger partial charge in [0.25, 0.3) is 10.0 Å². The fourth-order valence-corrected chi connectivity index (χ4v) is 4.70. The number of para-hydroxylation sites is 1. The molecule has 1 heterocycles. The van der Waals surface area contributed by atoms with E-state index < -0.39 is 10.0 Å². The summed E-state index contributed by atoms with van der Waals surface area (Å²) in [5.41, 5.74) is 1.42. The van der Waals surface area contributed by atoms with E-state index in [2.05, 4.69) is 9.71 Å². The van der Waals surface area contributed by atoms with Gasteiger partial charge in [0, 0.05) is 15.4 Å². The molecule has 124 valence electrons. The van der Waals surface area contributed by atoms with E-state index in [0.29, 0.717) is 11.4 Å². The summed E-state index contributed by atoms with van der Waals surface area (Å²) >= 11 is 1.61. The number of hydrogen-bond donors (Lipinski definition) is 1. The predicted molar refractivity (Wildman–Crippen MR) is 101 cm³/mol. The van der Waals surface area contributed by atoms with Crippen molar-refractivity contribution < 1.29 is 8.42 Å². The van der Waals surface area contributed by atoms with E-state index in [1.807, 2.05) is 60.7 Å². The van der Waals surface area contributed by atoms with Gasteiger partial charge in [-0.2, -0.15) is 8.42 Å². The average molecular weight is 366 g/mol. The van der Waals surface area contributed by atoms with Gasteiger partial charge >= 0.3 is 0 Å². The Labute approximate surface area is 150 Å². The topological polar surface area (TPSA) is 58.5 Å². The predicted octanol–water partition coefficient (Wildman–Crippen LogP) is 4.40. The average Bonchev–Trinajstić information content (AvgIpc) is 2.89. The molecule has 4 rings (SSSR count). The van der Waals surface area contributed by atoms with Crippen LogP contribution >= 0.6 is 11.8 Å². The van der Waals surface area contributed by atoms with E-state index in [9.17, 15) is 8.42 Å². The Hall–Kier alpha value is -2.57. The highest BCUT2D eigenvalue weighted by Gasteiger charge is 2.28. The molecule has 4 nitrogen and oxygen atoms in total. The van der Waals surface area contributed by atoms with Gasteiger partial charge in [0.05, 0.1) is 5.69 Å². The van der Waals surface area contributed by atoms with Gasteiger partial charge in [0.2, 0.25) is 0 Å². The molecule has 0 unspecified atom stereocenters. The van der Waals surface area contributed by atoms with E-state index >= 15 is 0 Å². The second kappa shape index (κ2) is 6.38. The van der Waals surface area contributed by atoms with Crippen LogP contribution in [0, 0.1) is 0 Å². The molecule has 0 bridgehead atoms. The minimum atomic E-state index is -3.63. The van der Waals surface area contributed by atoms with Gasteiger partial charge in [-0.3, -0.25) is 0 Å². The maximum atomic E-state index is 12.2. The van der Waals surface area contributed by atoms with Crippen molar-refractivity contribution >= 4 is 33.3 Å². The van der Waals surface area contributed by atoms with Crippen LogP contribution in [-0.4, -0.2) is 14.3 Å². The third-order valence-electron chi connectivity index (χ3n) is 3.74. The first-order valence-corrected chi connectivity index (χ1v) is 9.92. The minimum absolute atomic E-state index is 0.241. The summed E-state index contributed by atoms with van der Waals surface area (Å²) in [4.78, 5) is 2.35. The van der Waals surface area contributed by atoms with Crippen LogP contribution in [0.5, 0.6) is 0 Å². The summed E-state index contributed by atoms with van der Waals surface area (Å²) in [7, 11) is -3.63. The van der Waals surface area contributed by atoms with E-state index in [1.165, 1.54) is 0 Å². The molecule has 3 aromatic rings. The quantitative estimate of drug-likeness (QED) is 0.746. The number of nitrogens with zero attached hydrogens (tertiary/aromatic N) is 1. The fourth-order valence-electron chi connectivity index (χ4n) is 2.60. The largest absolute Gasteiger partial charge is 0.338 e. The third-order valence-corrected chi connectivity index (χ3v) is 6.16. The van der Waals surface area contributed by atoms with Crippen LogP contribution in [0.1, 0.15) is 5.56 Å². The van der Waals surface area contributed by atoms with Crippen LogP contribution in [0.25, 0.3) is 0 Å². The molecule has 1 aliphatic rings. The van der Waals surface area contributed by atoms with Gasteiger partial charge in [-0.25, -0.2) is 0 Å². The smallest absolute Gasteiger partial charge is 0.285 e. The molecule has 3 aromatic carbocycles. The van der Waals surface area contributed by atoms with Crippen molar-refractivity contribution in [3.8, 4) is 0 Å². The molecule has 0 spiro atoms. The van der Waals surface area contributed by atoms with Crippen molar-refractivity contribution in [2.24, 2.45) is 4.40 Å². The van der Waals surface area contributed by atoms with Crippen molar-refractivity contribution in [3.63, 3.8) is 0 Å². The van der Waals surface area contributed by atoms with E-state index in [4.69, 9.17) is 0 Å². The van der Waals surface area contributed by atoms with Crippen LogP contribution in [0.4, 0.5) is 5.69 Å². The lowest BCUT2D eigenvalue weighted by Gasteiger charge is -2.11. The molecule has 0 atom stereocenters. The normalized spacial score (nSPS) is 14.6. The molecular weight excluding hydrogens is 352 g/mol. The Bertz CT molecular complexity index is 1060. The third kappa shape index (κ3) is 3.18. The lowest BCUT2D eigenvalue weighted by atomic mass is 10.2. The second-order valence-corrected chi connectivity index (χ2v) is 8.14. The summed E-state index contributed by atoms with van der Waals surface area (Å²) in [6, 6.07) is 24.7. The summed E-state index contributed by atoms with van der Waals surface area (Å²) in [5.74, 6) is 0.358. The first kappa shape index (κ1) is 15.9. The minimum Gasteiger partial charge on any atom is -0.338 e. The Morgan fingerprint density at radius 1 is 0.800 bits per heavy atom. The highest BCUT2D eigenvalue weighted by atomic mass is 32.2. The van der Waals surface area contributed by atoms with Crippen LogP contribution in [0.3, 0.4) is 0 Å². The van der Waals surface area contributed by atoms with Crippen LogP contribution < -0.4 is 5.32 Å². The molecule has 0 amide bonds. The molecule has 0 radical (unpaired) electrons. The van der Waals surface area contributed by atoms with E-state index in [0.717, 1.165) is 15.5 Å². The zero-order chi connectivity index (χ0) is 17.3. The number of benzene rings is 3. The lowest BCUT2D eigenvalue weighted by molar-refractivity contribution is 0.599. The Balaban J connectivity index is 1.69. The monoisotopic (exact) mass is 366 g/mol. The molecule has 1 aliphatic heterocycles. The highest BCUT2D eigenvalue weighted by Crippen LogP contribution is 2.34. The van der Waals surface area contributed by atoms with E-state index in [1.54, 1.807) is 30.0 Å². The van der Waals surface area contributed by atoms with E-state index in [-0.39, 0.29) is 4.90 Å². The number of amidine groups is 1. The number of sulfonamides is 1. The van der Waals surface area contributed by atoms with Crippen molar-refractivity contribution in [2.75, 3.05) is 5.32 Å².